The van der Waals surface area contributed by atoms with Gasteiger partial charge in [-0.05, 0) is 50.2 Å². The average molecular weight is 635 g/mol. The number of likely N-dealkylation sites (N-methyl/N-ethyl adjacent to an activating group) is 1. The SMILES string of the molecule is CCN1CC(C)N(Cc2ccc(N(Cc3ccc(-c4nnc(C(F)F)o4)cc3F)C(=O)N3CCP(=O)(O)CC3)cc2)C(C)C1. The number of carbonyl (C=O) groups excluding carboxylic acids is 1. The second-order valence-electron chi connectivity index (χ2n) is 11.6. The number of rotatable bonds is 8. The quantitative estimate of drug-likeness (QED) is 0.327. The molecule has 2 saturated heterocycles. The topological polar surface area (TPSA) is 106 Å². The van der Waals surface area contributed by atoms with E-state index in [2.05, 4.69) is 40.8 Å². The summed E-state index contributed by atoms with van der Waals surface area (Å²) < 4.78 is 58.2. The summed E-state index contributed by atoms with van der Waals surface area (Å²) in [6, 6.07) is 12.0. The molecule has 1 aromatic heterocycles. The predicted octanol–water partition coefficient (Wildman–Crippen LogP) is 5.44. The molecule has 10 nitrogen and oxygen atoms in total. The minimum atomic E-state index is -3.27. The number of amides is 2. The van der Waals surface area contributed by atoms with Gasteiger partial charge in [-0.15, -0.1) is 10.2 Å². The van der Waals surface area contributed by atoms with Gasteiger partial charge in [0.25, 0.3) is 5.89 Å². The van der Waals surface area contributed by atoms with Gasteiger partial charge in [0, 0.05) is 73.9 Å². The molecule has 0 radical (unpaired) electrons. The zero-order chi connectivity index (χ0) is 31.6. The highest BCUT2D eigenvalue weighted by atomic mass is 31.2. The largest absolute Gasteiger partial charge is 0.415 e. The third-order valence-corrected chi connectivity index (χ3v) is 10.2. The molecule has 2 aliphatic heterocycles. The zero-order valence-corrected chi connectivity index (χ0v) is 26.0. The second kappa shape index (κ2) is 13.4. The summed E-state index contributed by atoms with van der Waals surface area (Å²) >= 11 is 0. The molecule has 2 atom stereocenters. The number of aromatic nitrogens is 2. The van der Waals surface area contributed by atoms with E-state index in [1.165, 1.54) is 21.9 Å². The third kappa shape index (κ3) is 7.34. The number of halogens is 3. The summed E-state index contributed by atoms with van der Waals surface area (Å²) in [5.41, 5.74) is 1.95. The van der Waals surface area contributed by atoms with Crippen molar-refractivity contribution < 1.29 is 31.8 Å². The van der Waals surface area contributed by atoms with Crippen molar-refractivity contribution in [3.05, 3.63) is 65.3 Å². The molecular formula is C30H38F3N6O4P. The number of hydrogen-bond donors (Lipinski definition) is 1. The van der Waals surface area contributed by atoms with Crippen LogP contribution < -0.4 is 4.90 Å². The Morgan fingerprint density at radius 3 is 2.32 bits per heavy atom. The average Bonchev–Trinajstić information content (AvgIpc) is 3.49. The zero-order valence-electron chi connectivity index (χ0n) is 25.1. The van der Waals surface area contributed by atoms with Crippen LogP contribution in [0, 0.1) is 5.82 Å². The van der Waals surface area contributed by atoms with Crippen molar-refractivity contribution in [2.24, 2.45) is 0 Å². The van der Waals surface area contributed by atoms with Crippen LogP contribution in [0.1, 0.15) is 44.2 Å². The lowest BCUT2D eigenvalue weighted by molar-refractivity contribution is 0.0356. The van der Waals surface area contributed by atoms with E-state index in [-0.39, 0.29) is 49.0 Å². The van der Waals surface area contributed by atoms with Crippen molar-refractivity contribution in [2.45, 2.75) is 52.4 Å². The van der Waals surface area contributed by atoms with Crippen molar-refractivity contribution in [1.29, 1.82) is 0 Å². The number of piperazine rings is 1. The van der Waals surface area contributed by atoms with Crippen molar-refractivity contribution in [3.8, 4) is 11.5 Å². The van der Waals surface area contributed by atoms with Crippen LogP contribution in [0.25, 0.3) is 11.5 Å². The molecule has 3 aromatic rings. The van der Waals surface area contributed by atoms with Gasteiger partial charge in [0.15, 0.2) is 0 Å². The van der Waals surface area contributed by atoms with E-state index in [1.807, 2.05) is 24.3 Å². The maximum Gasteiger partial charge on any atom is 0.324 e. The first-order valence-corrected chi connectivity index (χ1v) is 16.8. The van der Waals surface area contributed by atoms with Gasteiger partial charge in [-0.25, -0.2) is 9.18 Å². The molecular weight excluding hydrogens is 596 g/mol. The molecule has 238 valence electrons. The summed E-state index contributed by atoms with van der Waals surface area (Å²) in [6.07, 6.45) is -2.94. The van der Waals surface area contributed by atoms with Gasteiger partial charge in [-0.2, -0.15) is 8.78 Å². The van der Waals surface area contributed by atoms with Crippen molar-refractivity contribution in [2.75, 3.05) is 49.9 Å². The third-order valence-electron chi connectivity index (χ3n) is 8.43. The van der Waals surface area contributed by atoms with Gasteiger partial charge < -0.3 is 19.1 Å². The fourth-order valence-electron chi connectivity index (χ4n) is 5.86. The maximum atomic E-state index is 15.4. The smallest absolute Gasteiger partial charge is 0.324 e. The Labute approximate surface area is 254 Å². The van der Waals surface area contributed by atoms with Crippen molar-refractivity contribution in [1.82, 2.24) is 24.9 Å². The van der Waals surface area contributed by atoms with Crippen molar-refractivity contribution in [3.63, 3.8) is 0 Å². The van der Waals surface area contributed by atoms with Crippen molar-refractivity contribution >= 4 is 19.1 Å². The van der Waals surface area contributed by atoms with Crippen LogP contribution in [0.2, 0.25) is 0 Å². The standard InChI is InChI=1S/C30H38F3N6O4P/c1-4-36-16-20(2)38(21(3)17-36)18-22-5-9-25(10-6-22)39(30(40)37-11-13-44(41,42)14-12-37)19-24-8-7-23(15-26(24)31)28-34-35-29(43-28)27(32)33/h5-10,15,20-21,27H,4,11-14,16-19H2,1-3H3,(H,41,42). The lowest BCUT2D eigenvalue weighted by Crippen LogP contribution is -2.55. The first kappa shape index (κ1) is 32.2. The molecule has 0 bridgehead atoms. The van der Waals surface area contributed by atoms with E-state index in [4.69, 9.17) is 4.42 Å². The molecule has 2 aromatic carbocycles. The lowest BCUT2D eigenvalue weighted by atomic mass is 10.1. The monoisotopic (exact) mass is 634 g/mol. The summed E-state index contributed by atoms with van der Waals surface area (Å²) in [5, 5.41) is 6.86. The molecule has 0 saturated carbocycles. The Balaban J connectivity index is 1.37. The minimum Gasteiger partial charge on any atom is -0.415 e. The summed E-state index contributed by atoms with van der Waals surface area (Å²) in [6.45, 7) is 10.5. The fourth-order valence-corrected chi connectivity index (χ4v) is 7.19. The Hall–Kier alpha value is -3.25. The van der Waals surface area contributed by atoms with E-state index < -0.39 is 31.5 Å². The molecule has 1 N–H and O–H groups in total. The minimum absolute atomic E-state index is 0.00102. The Kier molecular flexibility index (Phi) is 9.79. The van der Waals surface area contributed by atoms with Crippen LogP contribution in [0.4, 0.5) is 23.7 Å². The van der Waals surface area contributed by atoms with Crippen LogP contribution in [0.15, 0.2) is 46.9 Å². The molecule has 2 fully saturated rings. The van der Waals surface area contributed by atoms with Gasteiger partial charge in [0.1, 0.15) is 5.82 Å². The van der Waals surface area contributed by atoms with Crippen LogP contribution in [-0.2, 0) is 17.7 Å². The van der Waals surface area contributed by atoms with E-state index in [0.717, 1.165) is 37.8 Å². The number of urea groups is 1. The number of nitrogens with zero attached hydrogens (tertiary/aromatic N) is 6. The van der Waals surface area contributed by atoms with Crippen LogP contribution in [0.5, 0.6) is 0 Å². The summed E-state index contributed by atoms with van der Waals surface area (Å²) in [4.78, 5) is 31.6. The predicted molar refractivity (Wildman–Crippen MR) is 160 cm³/mol. The molecule has 0 spiro atoms. The molecule has 44 heavy (non-hydrogen) atoms. The second-order valence-corrected chi connectivity index (χ2v) is 14.2. The maximum absolute atomic E-state index is 15.4. The molecule has 14 heteroatoms. The van der Waals surface area contributed by atoms with E-state index in [9.17, 15) is 23.0 Å². The van der Waals surface area contributed by atoms with Gasteiger partial charge in [0.2, 0.25) is 13.3 Å². The molecule has 2 unspecified atom stereocenters. The lowest BCUT2D eigenvalue weighted by Gasteiger charge is -2.44. The number of carbonyl (C=O) groups is 1. The highest BCUT2D eigenvalue weighted by Gasteiger charge is 2.32. The Bertz CT molecular complexity index is 1480. The number of anilines is 1. The molecule has 5 rings (SSSR count). The molecule has 2 amide bonds. The first-order chi connectivity index (χ1) is 20.9. The molecule has 2 aliphatic rings. The number of benzene rings is 2. The van der Waals surface area contributed by atoms with Crippen LogP contribution >= 0.6 is 7.37 Å². The summed E-state index contributed by atoms with van der Waals surface area (Å²) in [5.74, 6) is -1.78. The van der Waals surface area contributed by atoms with Gasteiger partial charge in [0.05, 0.1) is 6.54 Å². The normalized spacial score (nSPS) is 21.1. The van der Waals surface area contributed by atoms with Gasteiger partial charge >= 0.3 is 12.5 Å². The Morgan fingerprint density at radius 2 is 1.75 bits per heavy atom. The van der Waals surface area contributed by atoms with Crippen LogP contribution in [-0.4, -0.2) is 93.0 Å². The summed E-state index contributed by atoms with van der Waals surface area (Å²) in [7, 11) is -3.27. The van der Waals surface area contributed by atoms with Gasteiger partial charge in [-0.1, -0.05) is 25.1 Å². The van der Waals surface area contributed by atoms with E-state index in [1.54, 1.807) is 0 Å². The van der Waals surface area contributed by atoms with Crippen LogP contribution in [0.3, 0.4) is 0 Å². The molecule has 3 heterocycles. The fraction of sp³-hybridized carbons (Fsp3) is 0.500. The highest BCUT2D eigenvalue weighted by Crippen LogP contribution is 2.42. The number of alkyl halides is 2. The highest BCUT2D eigenvalue weighted by molar-refractivity contribution is 7.58. The van der Waals surface area contributed by atoms with E-state index in [0.29, 0.717) is 17.8 Å². The molecule has 0 aliphatic carbocycles. The number of hydrogen-bond acceptors (Lipinski definition) is 7. The van der Waals surface area contributed by atoms with Gasteiger partial charge in [-0.3, -0.25) is 14.4 Å². The first-order valence-electron chi connectivity index (χ1n) is 14.8. The Morgan fingerprint density at radius 1 is 1.09 bits per heavy atom. The van der Waals surface area contributed by atoms with E-state index >= 15 is 4.39 Å².